The molecule has 1 aromatic rings. The minimum absolute atomic E-state index is 0.255. The molecule has 1 aliphatic carbocycles. The lowest BCUT2D eigenvalue weighted by molar-refractivity contribution is -0.130. The molecule has 1 heterocycles. The molecule has 0 N–H and O–H groups in total. The van der Waals surface area contributed by atoms with Crippen LogP contribution in [0.4, 0.5) is 0 Å². The van der Waals surface area contributed by atoms with Crippen molar-refractivity contribution < 1.29 is 4.79 Å². The van der Waals surface area contributed by atoms with Gasteiger partial charge in [0, 0.05) is 32.4 Å². The molecule has 0 aromatic carbocycles. The van der Waals surface area contributed by atoms with Crippen molar-refractivity contribution in [2.75, 3.05) is 7.05 Å². The van der Waals surface area contributed by atoms with E-state index < -0.39 is 0 Å². The van der Waals surface area contributed by atoms with Gasteiger partial charge in [-0.3, -0.25) is 9.78 Å². The molecular formula is C15H22N2O. The maximum Gasteiger partial charge on any atom is 0.222 e. The van der Waals surface area contributed by atoms with Crippen LogP contribution >= 0.6 is 0 Å². The number of carbonyl (C=O) groups excluding carboxylic acids is 1. The Morgan fingerprint density at radius 3 is 2.89 bits per heavy atom. The van der Waals surface area contributed by atoms with E-state index in [0.29, 0.717) is 13.0 Å². The van der Waals surface area contributed by atoms with Crippen LogP contribution in [0.1, 0.15) is 44.1 Å². The molecule has 0 unspecified atom stereocenters. The summed E-state index contributed by atoms with van der Waals surface area (Å²) in [6.45, 7) is 0.664. The lowest BCUT2D eigenvalue weighted by atomic mass is 10.0. The van der Waals surface area contributed by atoms with Crippen molar-refractivity contribution in [3.63, 3.8) is 0 Å². The van der Waals surface area contributed by atoms with Crippen LogP contribution in [0.25, 0.3) is 0 Å². The Hall–Kier alpha value is -1.38. The van der Waals surface area contributed by atoms with E-state index in [4.69, 9.17) is 0 Å². The number of amides is 1. The van der Waals surface area contributed by atoms with Crippen molar-refractivity contribution in [3.8, 4) is 0 Å². The average molecular weight is 246 g/mol. The molecule has 0 atom stereocenters. The number of hydrogen-bond acceptors (Lipinski definition) is 2. The second-order valence-electron chi connectivity index (χ2n) is 5.30. The zero-order chi connectivity index (χ0) is 12.8. The van der Waals surface area contributed by atoms with Gasteiger partial charge < -0.3 is 4.90 Å². The van der Waals surface area contributed by atoms with Gasteiger partial charge in [0.05, 0.1) is 0 Å². The number of rotatable bonds is 5. The van der Waals surface area contributed by atoms with Crippen LogP contribution in [-0.4, -0.2) is 22.8 Å². The maximum absolute atomic E-state index is 12.0. The molecule has 0 bridgehead atoms. The normalized spacial score (nSPS) is 15.8. The van der Waals surface area contributed by atoms with E-state index in [-0.39, 0.29) is 5.91 Å². The summed E-state index contributed by atoms with van der Waals surface area (Å²) in [7, 11) is 1.88. The largest absolute Gasteiger partial charge is 0.341 e. The van der Waals surface area contributed by atoms with E-state index in [9.17, 15) is 4.79 Å². The van der Waals surface area contributed by atoms with Crippen molar-refractivity contribution >= 4 is 5.91 Å². The fraction of sp³-hybridized carbons (Fsp3) is 0.600. The molecule has 1 fully saturated rings. The third-order valence-corrected chi connectivity index (χ3v) is 3.81. The first-order valence-electron chi connectivity index (χ1n) is 6.88. The van der Waals surface area contributed by atoms with E-state index in [0.717, 1.165) is 17.9 Å². The summed E-state index contributed by atoms with van der Waals surface area (Å²) < 4.78 is 0. The Labute approximate surface area is 109 Å². The van der Waals surface area contributed by atoms with Gasteiger partial charge in [-0.15, -0.1) is 0 Å². The standard InChI is InChI=1S/C15H22N2O/c1-17(12-14-7-4-10-16-11-14)15(18)9-8-13-5-2-3-6-13/h4,7,10-11,13H,2-3,5-6,8-9,12H2,1H3. The maximum atomic E-state index is 12.0. The SMILES string of the molecule is CN(Cc1cccnc1)C(=O)CCC1CCCC1. The summed E-state index contributed by atoms with van der Waals surface area (Å²) >= 11 is 0. The van der Waals surface area contributed by atoms with Gasteiger partial charge in [-0.25, -0.2) is 0 Å². The fourth-order valence-electron chi connectivity index (χ4n) is 2.67. The predicted molar refractivity (Wildman–Crippen MR) is 71.9 cm³/mol. The van der Waals surface area contributed by atoms with Crippen LogP contribution in [0.2, 0.25) is 0 Å². The fourth-order valence-corrected chi connectivity index (χ4v) is 2.67. The lowest BCUT2D eigenvalue weighted by Crippen LogP contribution is -2.26. The second kappa shape index (κ2) is 6.53. The van der Waals surface area contributed by atoms with Crippen LogP contribution in [0.5, 0.6) is 0 Å². The highest BCUT2D eigenvalue weighted by molar-refractivity contribution is 5.75. The quantitative estimate of drug-likeness (QED) is 0.800. The molecule has 0 aliphatic heterocycles. The highest BCUT2D eigenvalue weighted by Crippen LogP contribution is 2.28. The summed E-state index contributed by atoms with van der Waals surface area (Å²) in [5, 5.41) is 0. The Morgan fingerprint density at radius 2 is 2.22 bits per heavy atom. The molecule has 98 valence electrons. The molecule has 0 spiro atoms. The van der Waals surface area contributed by atoms with Crippen molar-refractivity contribution in [1.29, 1.82) is 0 Å². The molecule has 0 saturated heterocycles. The summed E-state index contributed by atoms with van der Waals surface area (Å²) in [5.41, 5.74) is 1.09. The third kappa shape index (κ3) is 3.83. The summed E-state index contributed by atoms with van der Waals surface area (Å²) in [6, 6.07) is 3.92. The van der Waals surface area contributed by atoms with Crippen molar-refractivity contribution in [2.24, 2.45) is 5.92 Å². The van der Waals surface area contributed by atoms with E-state index in [1.165, 1.54) is 25.7 Å². The molecule has 1 aromatic heterocycles. The summed E-state index contributed by atoms with van der Waals surface area (Å²) in [5.74, 6) is 1.05. The highest BCUT2D eigenvalue weighted by atomic mass is 16.2. The highest BCUT2D eigenvalue weighted by Gasteiger charge is 2.17. The zero-order valence-electron chi connectivity index (χ0n) is 11.1. The number of nitrogens with zero attached hydrogens (tertiary/aromatic N) is 2. The molecule has 2 rings (SSSR count). The minimum Gasteiger partial charge on any atom is -0.341 e. The Bertz CT molecular complexity index is 371. The number of pyridine rings is 1. The molecule has 3 heteroatoms. The lowest BCUT2D eigenvalue weighted by Gasteiger charge is -2.18. The predicted octanol–water partition coefficient (Wildman–Crippen LogP) is 3.01. The molecule has 0 radical (unpaired) electrons. The minimum atomic E-state index is 0.255. The first kappa shape index (κ1) is 13.1. The topological polar surface area (TPSA) is 33.2 Å². The van der Waals surface area contributed by atoms with Gasteiger partial charge in [0.15, 0.2) is 0 Å². The van der Waals surface area contributed by atoms with E-state index in [2.05, 4.69) is 4.98 Å². The zero-order valence-corrected chi connectivity index (χ0v) is 11.1. The third-order valence-electron chi connectivity index (χ3n) is 3.81. The van der Waals surface area contributed by atoms with Gasteiger partial charge in [0.1, 0.15) is 0 Å². The van der Waals surface area contributed by atoms with Crippen LogP contribution in [0.15, 0.2) is 24.5 Å². The Balaban J connectivity index is 1.74. The van der Waals surface area contributed by atoms with Gasteiger partial charge in [-0.05, 0) is 24.0 Å². The summed E-state index contributed by atoms with van der Waals surface area (Å²) in [6.07, 6.45) is 10.7. The first-order chi connectivity index (χ1) is 8.75. The molecule has 1 aliphatic rings. The smallest absolute Gasteiger partial charge is 0.222 e. The van der Waals surface area contributed by atoms with Crippen LogP contribution < -0.4 is 0 Å². The Kier molecular flexibility index (Phi) is 4.73. The molecule has 1 amide bonds. The number of carbonyl (C=O) groups is 1. The van der Waals surface area contributed by atoms with Crippen molar-refractivity contribution in [3.05, 3.63) is 30.1 Å². The van der Waals surface area contributed by atoms with Gasteiger partial charge in [-0.1, -0.05) is 31.7 Å². The monoisotopic (exact) mass is 246 g/mol. The number of aromatic nitrogens is 1. The van der Waals surface area contributed by atoms with Crippen LogP contribution in [0.3, 0.4) is 0 Å². The molecule has 1 saturated carbocycles. The summed E-state index contributed by atoms with van der Waals surface area (Å²) in [4.78, 5) is 17.9. The van der Waals surface area contributed by atoms with E-state index in [1.807, 2.05) is 30.3 Å². The Morgan fingerprint density at radius 1 is 1.44 bits per heavy atom. The van der Waals surface area contributed by atoms with Crippen molar-refractivity contribution in [2.45, 2.75) is 45.1 Å². The first-order valence-corrected chi connectivity index (χ1v) is 6.88. The molecular weight excluding hydrogens is 224 g/mol. The van der Waals surface area contributed by atoms with Crippen LogP contribution in [-0.2, 0) is 11.3 Å². The molecule has 3 nitrogen and oxygen atoms in total. The molecule has 18 heavy (non-hydrogen) atoms. The van der Waals surface area contributed by atoms with Gasteiger partial charge in [0.2, 0.25) is 5.91 Å². The van der Waals surface area contributed by atoms with E-state index >= 15 is 0 Å². The number of hydrogen-bond donors (Lipinski definition) is 0. The van der Waals surface area contributed by atoms with Gasteiger partial charge in [0.25, 0.3) is 0 Å². The van der Waals surface area contributed by atoms with E-state index in [1.54, 1.807) is 6.20 Å². The second-order valence-corrected chi connectivity index (χ2v) is 5.30. The van der Waals surface area contributed by atoms with Crippen molar-refractivity contribution in [1.82, 2.24) is 9.88 Å². The van der Waals surface area contributed by atoms with Crippen LogP contribution in [0, 0.1) is 5.92 Å². The van der Waals surface area contributed by atoms with Gasteiger partial charge >= 0.3 is 0 Å². The average Bonchev–Trinajstić information content (AvgIpc) is 2.90. The van der Waals surface area contributed by atoms with Gasteiger partial charge in [-0.2, -0.15) is 0 Å².